The predicted octanol–water partition coefficient (Wildman–Crippen LogP) is 4.81. The Morgan fingerprint density at radius 2 is 1.89 bits per heavy atom. The molecule has 0 radical (unpaired) electrons. The molecule has 0 aliphatic carbocycles. The molecule has 1 aromatic heterocycles. The zero-order valence-corrected chi connectivity index (χ0v) is 12.3. The van der Waals surface area contributed by atoms with Gasteiger partial charge in [0.15, 0.2) is 0 Å². The predicted molar refractivity (Wildman–Crippen MR) is 80.4 cm³/mol. The third-order valence-electron chi connectivity index (χ3n) is 3.02. The van der Waals surface area contributed by atoms with Gasteiger partial charge in [-0.15, -0.1) is 11.3 Å². The zero-order chi connectivity index (χ0) is 13.0. The van der Waals surface area contributed by atoms with Crippen molar-refractivity contribution in [2.45, 2.75) is 32.9 Å². The van der Waals surface area contributed by atoms with Gasteiger partial charge in [0, 0.05) is 27.4 Å². The van der Waals surface area contributed by atoms with Crippen LogP contribution < -0.4 is 5.32 Å². The molecule has 96 valence electrons. The van der Waals surface area contributed by atoms with Gasteiger partial charge < -0.3 is 5.32 Å². The molecule has 0 bridgehead atoms. The van der Waals surface area contributed by atoms with E-state index in [4.69, 9.17) is 11.6 Å². The summed E-state index contributed by atoms with van der Waals surface area (Å²) in [5, 5.41) is 4.35. The van der Waals surface area contributed by atoms with E-state index in [1.165, 1.54) is 9.75 Å². The maximum Gasteiger partial charge on any atom is 0.0453 e. The number of rotatable bonds is 5. The number of halogens is 1. The summed E-state index contributed by atoms with van der Waals surface area (Å²) in [6.45, 7) is 5.24. The van der Waals surface area contributed by atoms with Crippen LogP contribution in [0.3, 0.4) is 0 Å². The molecule has 0 aliphatic heterocycles. The zero-order valence-electron chi connectivity index (χ0n) is 10.7. The fourth-order valence-corrected chi connectivity index (χ4v) is 3.11. The second-order valence-corrected chi connectivity index (χ2v) is 6.01. The van der Waals surface area contributed by atoms with Crippen molar-refractivity contribution in [1.82, 2.24) is 5.32 Å². The molecule has 0 amide bonds. The van der Waals surface area contributed by atoms with Gasteiger partial charge >= 0.3 is 0 Å². The Labute approximate surface area is 118 Å². The maximum atomic E-state index is 6.19. The van der Waals surface area contributed by atoms with E-state index in [9.17, 15) is 0 Å². The SMILES string of the molecule is CCc1ccc(CN[C@@H](C)c2ccccc2Cl)s1. The van der Waals surface area contributed by atoms with Crippen LogP contribution in [0.1, 0.15) is 35.2 Å². The molecular formula is C15H18ClNS. The van der Waals surface area contributed by atoms with Gasteiger partial charge in [0.25, 0.3) is 0 Å². The van der Waals surface area contributed by atoms with Crippen LogP contribution in [-0.4, -0.2) is 0 Å². The number of hydrogen-bond donors (Lipinski definition) is 1. The van der Waals surface area contributed by atoms with Crippen LogP contribution >= 0.6 is 22.9 Å². The third kappa shape index (κ3) is 3.35. The minimum Gasteiger partial charge on any atom is -0.305 e. The molecule has 1 atom stereocenters. The highest BCUT2D eigenvalue weighted by atomic mass is 35.5. The smallest absolute Gasteiger partial charge is 0.0453 e. The first-order chi connectivity index (χ1) is 8.70. The molecule has 2 aromatic rings. The number of aryl methyl sites for hydroxylation is 1. The van der Waals surface area contributed by atoms with E-state index in [1.807, 2.05) is 29.5 Å². The minimum atomic E-state index is 0.269. The van der Waals surface area contributed by atoms with E-state index in [-0.39, 0.29) is 6.04 Å². The Bertz CT molecular complexity index is 507. The van der Waals surface area contributed by atoms with Crippen molar-refractivity contribution in [1.29, 1.82) is 0 Å². The van der Waals surface area contributed by atoms with Crippen molar-refractivity contribution in [2.75, 3.05) is 0 Å². The first kappa shape index (κ1) is 13.6. The number of benzene rings is 1. The van der Waals surface area contributed by atoms with E-state index in [0.717, 1.165) is 23.6 Å². The minimum absolute atomic E-state index is 0.269. The van der Waals surface area contributed by atoms with Crippen molar-refractivity contribution < 1.29 is 0 Å². The molecule has 2 rings (SSSR count). The van der Waals surface area contributed by atoms with Crippen LogP contribution in [0, 0.1) is 0 Å². The molecule has 18 heavy (non-hydrogen) atoms. The van der Waals surface area contributed by atoms with Crippen molar-refractivity contribution in [3.8, 4) is 0 Å². The summed E-state index contributed by atoms with van der Waals surface area (Å²) in [5.41, 5.74) is 1.16. The molecule has 0 aliphatic rings. The summed E-state index contributed by atoms with van der Waals surface area (Å²) in [6.07, 6.45) is 1.12. The van der Waals surface area contributed by atoms with E-state index >= 15 is 0 Å². The summed E-state index contributed by atoms with van der Waals surface area (Å²) in [4.78, 5) is 2.82. The molecule has 1 N–H and O–H groups in total. The molecular weight excluding hydrogens is 262 g/mol. The molecule has 0 saturated heterocycles. The monoisotopic (exact) mass is 279 g/mol. The van der Waals surface area contributed by atoms with E-state index in [2.05, 4.69) is 37.4 Å². The number of nitrogens with one attached hydrogen (secondary N) is 1. The van der Waals surface area contributed by atoms with Gasteiger partial charge in [-0.2, -0.15) is 0 Å². The maximum absolute atomic E-state index is 6.19. The Morgan fingerprint density at radius 1 is 1.17 bits per heavy atom. The first-order valence-electron chi connectivity index (χ1n) is 6.26. The van der Waals surface area contributed by atoms with Crippen LogP contribution in [0.25, 0.3) is 0 Å². The number of thiophene rings is 1. The molecule has 1 aromatic carbocycles. The number of hydrogen-bond acceptors (Lipinski definition) is 2. The fourth-order valence-electron chi connectivity index (χ4n) is 1.90. The lowest BCUT2D eigenvalue weighted by Crippen LogP contribution is -2.17. The van der Waals surface area contributed by atoms with Crippen LogP contribution in [0.15, 0.2) is 36.4 Å². The van der Waals surface area contributed by atoms with Crippen LogP contribution in [0.2, 0.25) is 5.02 Å². The van der Waals surface area contributed by atoms with E-state index in [0.29, 0.717) is 0 Å². The van der Waals surface area contributed by atoms with Gasteiger partial charge in [-0.05, 0) is 37.1 Å². The highest BCUT2D eigenvalue weighted by molar-refractivity contribution is 7.11. The van der Waals surface area contributed by atoms with Crippen molar-refractivity contribution in [3.05, 3.63) is 56.7 Å². The Kier molecular flexibility index (Phi) is 4.81. The van der Waals surface area contributed by atoms with Gasteiger partial charge in [-0.1, -0.05) is 36.7 Å². The highest BCUT2D eigenvalue weighted by Crippen LogP contribution is 2.23. The molecule has 0 spiro atoms. The molecule has 0 fully saturated rings. The van der Waals surface area contributed by atoms with Gasteiger partial charge in [0.2, 0.25) is 0 Å². The average Bonchev–Trinajstić information content (AvgIpc) is 2.84. The lowest BCUT2D eigenvalue weighted by Gasteiger charge is -2.14. The molecule has 0 unspecified atom stereocenters. The molecule has 3 heteroatoms. The van der Waals surface area contributed by atoms with Crippen LogP contribution in [-0.2, 0) is 13.0 Å². The fraction of sp³-hybridized carbons (Fsp3) is 0.333. The van der Waals surface area contributed by atoms with Crippen molar-refractivity contribution >= 4 is 22.9 Å². The topological polar surface area (TPSA) is 12.0 Å². The normalized spacial score (nSPS) is 12.6. The first-order valence-corrected chi connectivity index (χ1v) is 7.45. The highest BCUT2D eigenvalue weighted by Gasteiger charge is 2.08. The van der Waals surface area contributed by atoms with Crippen molar-refractivity contribution in [2.24, 2.45) is 0 Å². The van der Waals surface area contributed by atoms with E-state index < -0.39 is 0 Å². The molecule has 1 heterocycles. The average molecular weight is 280 g/mol. The third-order valence-corrected chi connectivity index (χ3v) is 4.59. The summed E-state index contributed by atoms with van der Waals surface area (Å²) < 4.78 is 0. The van der Waals surface area contributed by atoms with Gasteiger partial charge in [-0.3, -0.25) is 0 Å². The van der Waals surface area contributed by atoms with Gasteiger partial charge in [0.1, 0.15) is 0 Å². The van der Waals surface area contributed by atoms with Crippen LogP contribution in [0.4, 0.5) is 0 Å². The van der Waals surface area contributed by atoms with Crippen molar-refractivity contribution in [3.63, 3.8) is 0 Å². The Morgan fingerprint density at radius 3 is 2.56 bits per heavy atom. The Balaban J connectivity index is 1.96. The lowest BCUT2D eigenvalue weighted by atomic mass is 10.1. The Hall–Kier alpha value is -0.830. The summed E-state index contributed by atoms with van der Waals surface area (Å²) in [5.74, 6) is 0. The second-order valence-electron chi connectivity index (χ2n) is 4.35. The molecule has 0 saturated carbocycles. The summed E-state index contributed by atoms with van der Waals surface area (Å²) >= 11 is 8.07. The summed E-state index contributed by atoms with van der Waals surface area (Å²) in [7, 11) is 0. The van der Waals surface area contributed by atoms with Gasteiger partial charge in [0.05, 0.1) is 0 Å². The van der Waals surface area contributed by atoms with Crippen LogP contribution in [0.5, 0.6) is 0 Å². The van der Waals surface area contributed by atoms with Gasteiger partial charge in [-0.25, -0.2) is 0 Å². The lowest BCUT2D eigenvalue weighted by molar-refractivity contribution is 0.579. The summed E-state index contributed by atoms with van der Waals surface area (Å²) in [6, 6.07) is 12.7. The molecule has 1 nitrogen and oxygen atoms in total. The quantitative estimate of drug-likeness (QED) is 0.828. The standard InChI is InChI=1S/C15H18ClNS/c1-3-12-8-9-13(18-12)10-17-11(2)14-6-4-5-7-15(14)16/h4-9,11,17H,3,10H2,1-2H3/t11-/m0/s1. The van der Waals surface area contributed by atoms with E-state index in [1.54, 1.807) is 0 Å². The second kappa shape index (κ2) is 6.37. The largest absolute Gasteiger partial charge is 0.305 e.